The van der Waals surface area contributed by atoms with Crippen LogP contribution >= 0.6 is 23.6 Å². The van der Waals surface area contributed by atoms with Gasteiger partial charge in [-0.15, -0.1) is 11.3 Å². The van der Waals surface area contributed by atoms with Crippen molar-refractivity contribution in [3.63, 3.8) is 0 Å². The second kappa shape index (κ2) is 5.24. The van der Waals surface area contributed by atoms with E-state index in [1.807, 2.05) is 0 Å². The summed E-state index contributed by atoms with van der Waals surface area (Å²) in [5.41, 5.74) is 5.45. The van der Waals surface area contributed by atoms with Crippen molar-refractivity contribution < 1.29 is 0 Å². The molecule has 2 aromatic carbocycles. The van der Waals surface area contributed by atoms with Crippen molar-refractivity contribution in [2.45, 2.75) is 19.4 Å². The van der Waals surface area contributed by atoms with Gasteiger partial charge in [0.05, 0.1) is 5.69 Å². The molecule has 3 aromatic rings. The number of aryl methyl sites for hydroxylation is 2. The summed E-state index contributed by atoms with van der Waals surface area (Å²) in [5.74, 6) is 0. The Labute approximate surface area is 133 Å². The summed E-state index contributed by atoms with van der Waals surface area (Å²) < 4.78 is 3.29. The highest BCUT2D eigenvalue weighted by Gasteiger charge is 2.21. The molecule has 0 amide bonds. The number of nitrogens with zero attached hydrogens (tertiary/aromatic N) is 1. The number of fused-ring (bicyclic) bond motifs is 3. The van der Waals surface area contributed by atoms with Gasteiger partial charge in [-0.05, 0) is 36.2 Å². The third-order valence-corrected chi connectivity index (χ3v) is 5.55. The van der Waals surface area contributed by atoms with E-state index in [4.69, 9.17) is 12.2 Å². The summed E-state index contributed by atoms with van der Waals surface area (Å²) >= 11 is 7.41. The molecule has 0 N–H and O–H groups in total. The lowest BCUT2D eigenvalue weighted by Crippen LogP contribution is -2.08. The van der Waals surface area contributed by atoms with Crippen LogP contribution in [0, 0.1) is 3.95 Å². The van der Waals surface area contributed by atoms with Crippen molar-refractivity contribution in [1.82, 2.24) is 4.57 Å². The molecular weight excluding hydrogens is 294 g/mol. The predicted molar refractivity (Wildman–Crippen MR) is 91.5 cm³/mol. The number of aromatic nitrogens is 1. The highest BCUT2D eigenvalue weighted by molar-refractivity contribution is 7.73. The molecule has 0 saturated carbocycles. The van der Waals surface area contributed by atoms with E-state index in [1.165, 1.54) is 27.3 Å². The Bertz CT molecular complexity index is 843. The first-order valence-electron chi connectivity index (χ1n) is 7.17. The highest BCUT2D eigenvalue weighted by atomic mass is 32.1. The molecule has 1 heterocycles. The van der Waals surface area contributed by atoms with Gasteiger partial charge < -0.3 is 4.57 Å². The Morgan fingerprint density at radius 3 is 2.57 bits per heavy atom. The number of hydrogen-bond acceptors (Lipinski definition) is 2. The summed E-state index contributed by atoms with van der Waals surface area (Å²) in [4.78, 5) is 1.44. The lowest BCUT2D eigenvalue weighted by atomic mass is 9.93. The van der Waals surface area contributed by atoms with Crippen LogP contribution in [0.4, 0.5) is 0 Å². The lowest BCUT2D eigenvalue weighted by Gasteiger charge is -2.18. The van der Waals surface area contributed by atoms with Gasteiger partial charge in [-0.3, -0.25) is 0 Å². The van der Waals surface area contributed by atoms with Gasteiger partial charge in [0, 0.05) is 17.0 Å². The van der Waals surface area contributed by atoms with Crippen LogP contribution in [-0.2, 0) is 19.4 Å². The molecule has 0 aliphatic heterocycles. The summed E-state index contributed by atoms with van der Waals surface area (Å²) in [6.07, 6.45) is 2.24. The maximum atomic E-state index is 5.63. The second-order valence-corrected chi connectivity index (χ2v) is 7.10. The fourth-order valence-corrected chi connectivity index (χ4v) is 4.50. The SMILES string of the molecule is S=c1sc2c(n1Cc1ccccc1)-c1ccccc1CC2. The smallest absolute Gasteiger partial charge is 0.162 e. The molecule has 1 aromatic heterocycles. The van der Waals surface area contributed by atoms with Gasteiger partial charge in [-0.2, -0.15) is 0 Å². The lowest BCUT2D eigenvalue weighted by molar-refractivity contribution is 0.792. The first kappa shape index (κ1) is 13.0. The van der Waals surface area contributed by atoms with Crippen LogP contribution in [0.1, 0.15) is 16.0 Å². The third-order valence-electron chi connectivity index (χ3n) is 4.04. The van der Waals surface area contributed by atoms with Gasteiger partial charge in [0.1, 0.15) is 0 Å². The number of rotatable bonds is 2. The molecule has 0 fully saturated rings. The fraction of sp³-hybridized carbons (Fsp3) is 0.167. The summed E-state index contributed by atoms with van der Waals surface area (Å²) in [7, 11) is 0. The zero-order chi connectivity index (χ0) is 14.2. The van der Waals surface area contributed by atoms with Crippen LogP contribution < -0.4 is 0 Å². The standard InChI is InChI=1S/C18H15NS2/c20-18-19(12-13-6-2-1-3-7-13)17-15-9-5-4-8-14(15)10-11-16(17)21-18/h1-9H,10-12H2. The molecule has 104 valence electrons. The normalized spacial score (nSPS) is 12.8. The van der Waals surface area contributed by atoms with Crippen LogP contribution in [0.5, 0.6) is 0 Å². The molecule has 1 aliphatic rings. The Kier molecular flexibility index (Phi) is 3.24. The average molecular weight is 309 g/mol. The summed E-state index contributed by atoms with van der Waals surface area (Å²) in [6.45, 7) is 0.861. The van der Waals surface area contributed by atoms with Gasteiger partial charge >= 0.3 is 0 Å². The Morgan fingerprint density at radius 1 is 0.952 bits per heavy atom. The minimum atomic E-state index is 0.861. The average Bonchev–Trinajstić information content (AvgIpc) is 2.85. The van der Waals surface area contributed by atoms with Crippen LogP contribution in [0.3, 0.4) is 0 Å². The Balaban J connectivity index is 1.87. The van der Waals surface area contributed by atoms with Crippen molar-refractivity contribution in [3.8, 4) is 11.3 Å². The van der Waals surface area contributed by atoms with Crippen LogP contribution in [0.2, 0.25) is 0 Å². The Morgan fingerprint density at radius 2 is 1.71 bits per heavy atom. The monoisotopic (exact) mass is 309 g/mol. The third kappa shape index (κ3) is 2.27. The van der Waals surface area contributed by atoms with E-state index in [2.05, 4.69) is 59.2 Å². The molecule has 0 saturated heterocycles. The van der Waals surface area contributed by atoms with E-state index in [0.29, 0.717) is 0 Å². The highest BCUT2D eigenvalue weighted by Crippen LogP contribution is 2.37. The quantitative estimate of drug-likeness (QED) is 0.597. The minimum absolute atomic E-state index is 0.861. The molecule has 1 aliphatic carbocycles. The molecular formula is C18H15NS2. The summed E-state index contributed by atoms with van der Waals surface area (Å²) in [6, 6.07) is 19.3. The molecule has 21 heavy (non-hydrogen) atoms. The van der Waals surface area contributed by atoms with E-state index in [1.54, 1.807) is 11.3 Å². The van der Waals surface area contributed by atoms with E-state index in [-0.39, 0.29) is 0 Å². The molecule has 0 radical (unpaired) electrons. The van der Waals surface area contributed by atoms with Crippen molar-refractivity contribution in [3.05, 3.63) is 74.6 Å². The van der Waals surface area contributed by atoms with E-state index in [9.17, 15) is 0 Å². The van der Waals surface area contributed by atoms with Crippen molar-refractivity contribution >= 4 is 23.6 Å². The first-order chi connectivity index (χ1) is 10.3. The molecule has 0 unspecified atom stereocenters. The number of hydrogen-bond donors (Lipinski definition) is 0. The Hall–Kier alpha value is -1.71. The minimum Gasteiger partial charge on any atom is -0.318 e. The van der Waals surface area contributed by atoms with Gasteiger partial charge in [-0.1, -0.05) is 54.6 Å². The van der Waals surface area contributed by atoms with Gasteiger partial charge in [0.2, 0.25) is 0 Å². The maximum Gasteiger partial charge on any atom is 0.162 e. The molecule has 0 bridgehead atoms. The zero-order valence-corrected chi connectivity index (χ0v) is 13.2. The molecule has 0 atom stereocenters. The number of thiazole rings is 1. The van der Waals surface area contributed by atoms with Gasteiger partial charge in [0.15, 0.2) is 3.95 Å². The van der Waals surface area contributed by atoms with Gasteiger partial charge in [0.25, 0.3) is 0 Å². The maximum absolute atomic E-state index is 5.63. The number of benzene rings is 2. The predicted octanol–water partition coefficient (Wildman–Crippen LogP) is 5.09. The second-order valence-electron chi connectivity index (χ2n) is 5.37. The topological polar surface area (TPSA) is 4.93 Å². The molecule has 3 heteroatoms. The zero-order valence-electron chi connectivity index (χ0n) is 11.6. The molecule has 0 spiro atoms. The first-order valence-corrected chi connectivity index (χ1v) is 8.40. The fourth-order valence-electron chi connectivity index (χ4n) is 3.04. The van der Waals surface area contributed by atoms with E-state index < -0.39 is 0 Å². The van der Waals surface area contributed by atoms with Crippen molar-refractivity contribution in [2.75, 3.05) is 0 Å². The van der Waals surface area contributed by atoms with E-state index in [0.717, 1.165) is 23.3 Å². The molecule has 1 nitrogen and oxygen atoms in total. The van der Waals surface area contributed by atoms with Crippen LogP contribution in [-0.4, -0.2) is 4.57 Å². The van der Waals surface area contributed by atoms with Crippen molar-refractivity contribution in [1.29, 1.82) is 0 Å². The largest absolute Gasteiger partial charge is 0.318 e. The summed E-state index contributed by atoms with van der Waals surface area (Å²) in [5, 5.41) is 0. The van der Waals surface area contributed by atoms with Gasteiger partial charge in [-0.25, -0.2) is 0 Å². The van der Waals surface area contributed by atoms with Crippen LogP contribution in [0.15, 0.2) is 54.6 Å². The molecule has 4 rings (SSSR count). The van der Waals surface area contributed by atoms with E-state index >= 15 is 0 Å². The van der Waals surface area contributed by atoms with Crippen LogP contribution in [0.25, 0.3) is 11.3 Å². The van der Waals surface area contributed by atoms with Crippen molar-refractivity contribution in [2.24, 2.45) is 0 Å².